The maximum Gasteiger partial charge on any atom is 0.416 e. The monoisotopic (exact) mass is 289 g/mol. The highest BCUT2D eigenvalue weighted by Crippen LogP contribution is 2.34. The third-order valence-electron chi connectivity index (χ3n) is 3.68. The van der Waals surface area contributed by atoms with E-state index in [0.29, 0.717) is 12.8 Å². The first-order valence-electron chi connectivity index (χ1n) is 6.58. The van der Waals surface area contributed by atoms with E-state index in [0.717, 1.165) is 31.4 Å². The van der Waals surface area contributed by atoms with Crippen LogP contribution >= 0.6 is 0 Å². The van der Waals surface area contributed by atoms with Gasteiger partial charge >= 0.3 is 6.18 Å². The molecule has 1 aliphatic carbocycles. The van der Waals surface area contributed by atoms with E-state index in [2.05, 4.69) is 10.3 Å². The van der Waals surface area contributed by atoms with Crippen LogP contribution in [-0.4, -0.2) is 22.2 Å². The molecule has 0 bridgehead atoms. The van der Waals surface area contributed by atoms with Crippen molar-refractivity contribution in [2.45, 2.75) is 43.8 Å². The van der Waals surface area contributed by atoms with Crippen LogP contribution in [0.4, 0.5) is 24.8 Å². The number of rotatable bonds is 3. The first-order valence-corrected chi connectivity index (χ1v) is 6.58. The van der Waals surface area contributed by atoms with Crippen molar-refractivity contribution in [3.05, 3.63) is 17.7 Å². The summed E-state index contributed by atoms with van der Waals surface area (Å²) >= 11 is 0. The Labute approximate surface area is 115 Å². The van der Waals surface area contributed by atoms with E-state index in [1.807, 2.05) is 0 Å². The highest BCUT2D eigenvalue weighted by Gasteiger charge is 2.34. The van der Waals surface area contributed by atoms with Crippen LogP contribution in [0.25, 0.3) is 0 Å². The predicted molar refractivity (Wildman–Crippen MR) is 70.2 cm³/mol. The van der Waals surface area contributed by atoms with Gasteiger partial charge in [-0.2, -0.15) is 13.2 Å². The number of nitrogens with zero attached hydrogens (tertiary/aromatic N) is 1. The van der Waals surface area contributed by atoms with Crippen LogP contribution in [-0.2, 0) is 6.18 Å². The number of nitrogens with one attached hydrogen (secondary N) is 1. The summed E-state index contributed by atoms with van der Waals surface area (Å²) in [5.74, 6) is -0.125. The molecule has 4 N–H and O–H groups in total. The quantitative estimate of drug-likeness (QED) is 0.800. The largest absolute Gasteiger partial charge is 0.416 e. The van der Waals surface area contributed by atoms with Gasteiger partial charge < -0.3 is 16.2 Å². The minimum Gasteiger partial charge on any atom is -0.394 e. The fraction of sp³-hybridized carbons (Fsp3) is 0.615. The summed E-state index contributed by atoms with van der Waals surface area (Å²) in [5.41, 5.74) is 4.00. The number of nitrogen functional groups attached to an aromatic ring is 1. The van der Waals surface area contributed by atoms with Gasteiger partial charge in [0.05, 0.1) is 17.7 Å². The number of aliphatic hydroxyl groups is 1. The number of aromatic nitrogens is 1. The lowest BCUT2D eigenvalue weighted by molar-refractivity contribution is -0.137. The lowest BCUT2D eigenvalue weighted by Gasteiger charge is -2.37. The van der Waals surface area contributed by atoms with Crippen LogP contribution in [0.15, 0.2) is 12.1 Å². The highest BCUT2D eigenvalue weighted by atomic mass is 19.4. The molecule has 0 radical (unpaired) electrons. The molecular weight excluding hydrogens is 271 g/mol. The molecule has 0 aromatic carbocycles. The minimum atomic E-state index is -4.47. The van der Waals surface area contributed by atoms with Gasteiger partial charge in [-0.15, -0.1) is 0 Å². The highest BCUT2D eigenvalue weighted by molar-refractivity contribution is 5.49. The van der Waals surface area contributed by atoms with Crippen LogP contribution in [0.2, 0.25) is 0 Å². The number of halogens is 3. The van der Waals surface area contributed by atoms with Gasteiger partial charge in [0.25, 0.3) is 0 Å². The number of alkyl halides is 3. The molecule has 1 heterocycles. The molecule has 1 fully saturated rings. The molecule has 7 heteroatoms. The number of pyridine rings is 1. The Morgan fingerprint density at radius 2 is 1.90 bits per heavy atom. The van der Waals surface area contributed by atoms with Gasteiger partial charge in [0, 0.05) is 0 Å². The zero-order chi connectivity index (χ0) is 14.8. The van der Waals surface area contributed by atoms with E-state index >= 15 is 0 Å². The summed E-state index contributed by atoms with van der Waals surface area (Å²) in [6, 6.07) is 1.74. The van der Waals surface area contributed by atoms with Gasteiger partial charge in [-0.3, -0.25) is 0 Å². The summed E-state index contributed by atoms with van der Waals surface area (Å²) < 4.78 is 38.2. The van der Waals surface area contributed by atoms with Crippen LogP contribution < -0.4 is 11.1 Å². The normalized spacial score (nSPS) is 18.8. The molecule has 1 saturated carbocycles. The van der Waals surface area contributed by atoms with E-state index in [1.165, 1.54) is 0 Å². The van der Waals surface area contributed by atoms with Crippen molar-refractivity contribution in [2.75, 3.05) is 17.7 Å². The van der Waals surface area contributed by atoms with E-state index in [4.69, 9.17) is 5.73 Å². The Balaban J connectivity index is 2.26. The molecule has 0 spiro atoms. The average molecular weight is 289 g/mol. The Kier molecular flexibility index (Phi) is 4.08. The maximum absolute atomic E-state index is 12.7. The molecular formula is C13H18F3N3O. The van der Waals surface area contributed by atoms with Crippen molar-refractivity contribution in [3.63, 3.8) is 0 Å². The van der Waals surface area contributed by atoms with Crippen molar-refractivity contribution in [1.82, 2.24) is 4.98 Å². The summed E-state index contributed by atoms with van der Waals surface area (Å²) in [6.45, 7) is -0.134. The smallest absolute Gasteiger partial charge is 0.394 e. The predicted octanol–water partition coefficient (Wildman–Crippen LogP) is 2.79. The fourth-order valence-corrected chi connectivity index (χ4v) is 2.60. The zero-order valence-electron chi connectivity index (χ0n) is 11.0. The second kappa shape index (κ2) is 5.47. The summed E-state index contributed by atoms with van der Waals surface area (Å²) in [5, 5.41) is 12.5. The molecule has 0 amide bonds. The van der Waals surface area contributed by atoms with Gasteiger partial charge in [0.2, 0.25) is 0 Å². The molecule has 2 rings (SSSR count). The van der Waals surface area contributed by atoms with Crippen LogP contribution in [0.3, 0.4) is 0 Å². The maximum atomic E-state index is 12.7. The molecule has 0 saturated heterocycles. The molecule has 1 aromatic rings. The van der Waals surface area contributed by atoms with Gasteiger partial charge in [0.1, 0.15) is 11.6 Å². The minimum absolute atomic E-state index is 0.0632. The number of hydrogen-bond acceptors (Lipinski definition) is 4. The Hall–Kier alpha value is -1.50. The number of hydrogen-bond donors (Lipinski definition) is 3. The lowest BCUT2D eigenvalue weighted by atomic mass is 9.82. The Morgan fingerprint density at radius 1 is 1.25 bits per heavy atom. The van der Waals surface area contributed by atoms with Crippen LogP contribution in [0, 0.1) is 0 Å². The second-order valence-corrected chi connectivity index (χ2v) is 5.29. The molecule has 0 atom stereocenters. The molecule has 0 aliphatic heterocycles. The number of anilines is 2. The van der Waals surface area contributed by atoms with Crippen molar-refractivity contribution in [3.8, 4) is 0 Å². The summed E-state index contributed by atoms with van der Waals surface area (Å²) in [6.07, 6.45) is -0.110. The standard InChI is InChI=1S/C13H18F3N3O/c14-13(15,16)9-6-10(17)18-11(7-9)19-12(8-20)4-2-1-3-5-12/h6-7,20H,1-5,8H2,(H3,17,18,19). The molecule has 1 aliphatic rings. The molecule has 0 unspecified atom stereocenters. The lowest BCUT2D eigenvalue weighted by Crippen LogP contribution is -2.44. The molecule has 1 aromatic heterocycles. The molecule has 4 nitrogen and oxygen atoms in total. The second-order valence-electron chi connectivity index (χ2n) is 5.29. The molecule has 20 heavy (non-hydrogen) atoms. The van der Waals surface area contributed by atoms with E-state index < -0.39 is 17.3 Å². The first kappa shape index (κ1) is 14.9. The topological polar surface area (TPSA) is 71.2 Å². The van der Waals surface area contributed by atoms with E-state index in [1.54, 1.807) is 0 Å². The molecule has 112 valence electrons. The number of aliphatic hydroxyl groups excluding tert-OH is 1. The van der Waals surface area contributed by atoms with Crippen molar-refractivity contribution >= 4 is 11.6 Å². The van der Waals surface area contributed by atoms with Gasteiger partial charge in [-0.05, 0) is 25.0 Å². The van der Waals surface area contributed by atoms with Crippen LogP contribution in [0.5, 0.6) is 0 Å². The van der Waals surface area contributed by atoms with Crippen molar-refractivity contribution < 1.29 is 18.3 Å². The summed E-state index contributed by atoms with van der Waals surface area (Å²) in [7, 11) is 0. The SMILES string of the molecule is Nc1cc(C(F)(F)F)cc(NC2(CO)CCCCC2)n1. The van der Waals surface area contributed by atoms with Crippen molar-refractivity contribution in [1.29, 1.82) is 0 Å². The van der Waals surface area contributed by atoms with Crippen molar-refractivity contribution in [2.24, 2.45) is 0 Å². The van der Waals surface area contributed by atoms with E-state index in [-0.39, 0.29) is 18.2 Å². The summed E-state index contributed by atoms with van der Waals surface area (Å²) in [4.78, 5) is 3.89. The Morgan fingerprint density at radius 3 is 2.45 bits per heavy atom. The third kappa shape index (κ3) is 3.33. The first-order chi connectivity index (χ1) is 9.35. The number of nitrogens with two attached hydrogens (primary N) is 1. The van der Waals surface area contributed by atoms with Gasteiger partial charge in [0.15, 0.2) is 0 Å². The fourth-order valence-electron chi connectivity index (χ4n) is 2.60. The van der Waals surface area contributed by atoms with Gasteiger partial charge in [-0.1, -0.05) is 19.3 Å². The third-order valence-corrected chi connectivity index (χ3v) is 3.68. The van der Waals surface area contributed by atoms with Gasteiger partial charge in [-0.25, -0.2) is 4.98 Å². The Bertz CT molecular complexity index is 470. The zero-order valence-corrected chi connectivity index (χ0v) is 11.0. The van der Waals surface area contributed by atoms with E-state index in [9.17, 15) is 18.3 Å². The van der Waals surface area contributed by atoms with Crippen LogP contribution in [0.1, 0.15) is 37.7 Å². The average Bonchev–Trinajstić information content (AvgIpc) is 2.38.